The van der Waals surface area contributed by atoms with Crippen molar-refractivity contribution in [3.05, 3.63) is 30.1 Å². The lowest BCUT2D eigenvalue weighted by Crippen LogP contribution is -2.25. The second-order valence-corrected chi connectivity index (χ2v) is 5.90. The second-order valence-electron chi connectivity index (χ2n) is 5.90. The van der Waals surface area contributed by atoms with Crippen molar-refractivity contribution in [3.63, 3.8) is 0 Å². The van der Waals surface area contributed by atoms with Gasteiger partial charge in [-0.15, -0.1) is 0 Å². The lowest BCUT2D eigenvalue weighted by molar-refractivity contribution is 0.0948. The number of benzene rings is 1. The minimum atomic E-state index is -0.0478. The SMILES string of the molecule is COCCCNC(=O)c1ccc2c(c1)ncn2C1CCCC1. The molecule has 3 rings (SSSR count). The van der Waals surface area contributed by atoms with E-state index in [1.54, 1.807) is 7.11 Å². The molecule has 2 aromatic rings. The van der Waals surface area contributed by atoms with Crippen LogP contribution in [0.25, 0.3) is 11.0 Å². The van der Waals surface area contributed by atoms with Crippen LogP contribution >= 0.6 is 0 Å². The highest BCUT2D eigenvalue weighted by atomic mass is 16.5. The van der Waals surface area contributed by atoms with Crippen molar-refractivity contribution >= 4 is 16.9 Å². The molecule has 0 aliphatic heterocycles. The fraction of sp³-hybridized carbons (Fsp3) is 0.529. The third-order valence-corrected chi connectivity index (χ3v) is 4.37. The van der Waals surface area contributed by atoms with Gasteiger partial charge in [0, 0.05) is 31.9 Å². The van der Waals surface area contributed by atoms with Gasteiger partial charge in [0.25, 0.3) is 5.91 Å². The van der Waals surface area contributed by atoms with Gasteiger partial charge in [0.1, 0.15) is 0 Å². The van der Waals surface area contributed by atoms with Gasteiger partial charge in [-0.05, 0) is 37.5 Å². The van der Waals surface area contributed by atoms with Gasteiger partial charge in [-0.25, -0.2) is 4.98 Å². The van der Waals surface area contributed by atoms with Gasteiger partial charge < -0.3 is 14.6 Å². The fourth-order valence-electron chi connectivity index (χ4n) is 3.17. The summed E-state index contributed by atoms with van der Waals surface area (Å²) in [7, 11) is 1.66. The number of amides is 1. The molecular formula is C17H23N3O2. The van der Waals surface area contributed by atoms with Gasteiger partial charge in [-0.1, -0.05) is 12.8 Å². The molecule has 0 saturated heterocycles. The molecule has 0 unspecified atom stereocenters. The van der Waals surface area contributed by atoms with E-state index in [4.69, 9.17) is 4.74 Å². The number of fused-ring (bicyclic) bond motifs is 1. The first-order valence-electron chi connectivity index (χ1n) is 8.03. The zero-order valence-electron chi connectivity index (χ0n) is 13.0. The molecule has 1 N–H and O–H groups in total. The number of rotatable bonds is 6. The van der Waals surface area contributed by atoms with E-state index in [1.165, 1.54) is 25.7 Å². The second kappa shape index (κ2) is 6.92. The predicted octanol–water partition coefficient (Wildman–Crippen LogP) is 2.92. The van der Waals surface area contributed by atoms with Gasteiger partial charge >= 0.3 is 0 Å². The highest BCUT2D eigenvalue weighted by molar-refractivity contribution is 5.97. The first-order valence-corrected chi connectivity index (χ1v) is 8.03. The van der Waals surface area contributed by atoms with Crippen LogP contribution in [-0.2, 0) is 4.74 Å². The van der Waals surface area contributed by atoms with E-state index in [1.807, 2.05) is 24.5 Å². The normalized spacial score (nSPS) is 15.5. The lowest BCUT2D eigenvalue weighted by atomic mass is 10.1. The minimum Gasteiger partial charge on any atom is -0.385 e. The van der Waals surface area contributed by atoms with Crippen molar-refractivity contribution in [2.45, 2.75) is 38.1 Å². The smallest absolute Gasteiger partial charge is 0.251 e. The maximum absolute atomic E-state index is 12.1. The Hall–Kier alpha value is -1.88. The summed E-state index contributed by atoms with van der Waals surface area (Å²) in [5.74, 6) is -0.0478. The minimum absolute atomic E-state index is 0.0478. The summed E-state index contributed by atoms with van der Waals surface area (Å²) in [6.07, 6.45) is 7.79. The molecule has 1 heterocycles. The molecule has 22 heavy (non-hydrogen) atoms. The summed E-state index contributed by atoms with van der Waals surface area (Å²) in [5, 5.41) is 2.91. The van der Waals surface area contributed by atoms with Crippen molar-refractivity contribution < 1.29 is 9.53 Å². The number of carbonyl (C=O) groups is 1. The highest BCUT2D eigenvalue weighted by Crippen LogP contribution is 2.32. The molecule has 1 saturated carbocycles. The van der Waals surface area contributed by atoms with Crippen LogP contribution in [0.5, 0.6) is 0 Å². The number of aromatic nitrogens is 2. The van der Waals surface area contributed by atoms with Crippen LogP contribution in [0.4, 0.5) is 0 Å². The van der Waals surface area contributed by atoms with Crippen molar-refractivity contribution in [3.8, 4) is 0 Å². The van der Waals surface area contributed by atoms with Gasteiger partial charge in [-0.3, -0.25) is 4.79 Å². The van der Waals surface area contributed by atoms with Crippen LogP contribution in [-0.4, -0.2) is 35.7 Å². The predicted molar refractivity (Wildman–Crippen MR) is 86.1 cm³/mol. The quantitative estimate of drug-likeness (QED) is 0.835. The number of ether oxygens (including phenoxy) is 1. The van der Waals surface area contributed by atoms with Crippen molar-refractivity contribution in [2.24, 2.45) is 0 Å². The van der Waals surface area contributed by atoms with E-state index in [9.17, 15) is 4.79 Å². The molecule has 0 bridgehead atoms. The maximum atomic E-state index is 12.1. The van der Waals surface area contributed by atoms with E-state index in [2.05, 4.69) is 14.9 Å². The van der Waals surface area contributed by atoms with Crippen LogP contribution in [0, 0.1) is 0 Å². The average molecular weight is 301 g/mol. The summed E-state index contributed by atoms with van der Waals surface area (Å²) in [6, 6.07) is 6.36. The van der Waals surface area contributed by atoms with Crippen molar-refractivity contribution in [1.82, 2.24) is 14.9 Å². The van der Waals surface area contributed by atoms with Crippen molar-refractivity contribution in [1.29, 1.82) is 0 Å². The maximum Gasteiger partial charge on any atom is 0.251 e. The molecule has 1 aliphatic rings. The number of nitrogens with one attached hydrogen (secondary N) is 1. The molecule has 0 atom stereocenters. The van der Waals surface area contributed by atoms with Crippen LogP contribution in [0.15, 0.2) is 24.5 Å². The molecule has 1 fully saturated rings. The number of hydrogen-bond donors (Lipinski definition) is 1. The Morgan fingerprint density at radius 1 is 1.41 bits per heavy atom. The molecule has 1 aromatic carbocycles. The first kappa shape index (κ1) is 15.0. The third kappa shape index (κ3) is 3.14. The average Bonchev–Trinajstić information content (AvgIpc) is 3.19. The Bertz CT molecular complexity index is 644. The van der Waals surface area contributed by atoms with E-state index >= 15 is 0 Å². The van der Waals surface area contributed by atoms with Crippen LogP contribution in [0.1, 0.15) is 48.5 Å². The largest absolute Gasteiger partial charge is 0.385 e. The zero-order chi connectivity index (χ0) is 15.4. The fourth-order valence-corrected chi connectivity index (χ4v) is 3.17. The van der Waals surface area contributed by atoms with Crippen LogP contribution in [0.3, 0.4) is 0 Å². The molecular weight excluding hydrogens is 278 g/mol. The standard InChI is InChI=1S/C17H23N3O2/c1-22-10-4-9-18-17(21)13-7-8-16-15(11-13)19-12-20(16)14-5-2-3-6-14/h7-8,11-12,14H,2-6,9-10H2,1H3,(H,18,21). The molecule has 5 nitrogen and oxygen atoms in total. The van der Waals surface area contributed by atoms with Gasteiger partial charge in [0.15, 0.2) is 0 Å². The van der Waals surface area contributed by atoms with Crippen LogP contribution < -0.4 is 5.32 Å². The first-order chi connectivity index (χ1) is 10.8. The van der Waals surface area contributed by atoms with Crippen LogP contribution in [0.2, 0.25) is 0 Å². The monoisotopic (exact) mass is 301 g/mol. The van der Waals surface area contributed by atoms with Crippen molar-refractivity contribution in [2.75, 3.05) is 20.3 Å². The van der Waals surface area contributed by atoms with Gasteiger partial charge in [0.2, 0.25) is 0 Å². The third-order valence-electron chi connectivity index (χ3n) is 4.37. The van der Waals surface area contributed by atoms with Gasteiger partial charge in [-0.2, -0.15) is 0 Å². The summed E-state index contributed by atoms with van der Waals surface area (Å²) >= 11 is 0. The number of nitrogens with zero attached hydrogens (tertiary/aromatic N) is 2. The lowest BCUT2D eigenvalue weighted by Gasteiger charge is -2.12. The van der Waals surface area contributed by atoms with E-state index in [-0.39, 0.29) is 5.91 Å². The molecule has 118 valence electrons. The Labute approximate surface area is 130 Å². The summed E-state index contributed by atoms with van der Waals surface area (Å²) < 4.78 is 7.24. The van der Waals surface area contributed by atoms with E-state index in [0.29, 0.717) is 24.8 Å². The Balaban J connectivity index is 1.72. The Morgan fingerprint density at radius 2 is 2.23 bits per heavy atom. The summed E-state index contributed by atoms with van der Waals surface area (Å²) in [4.78, 5) is 16.6. The van der Waals surface area contributed by atoms with E-state index in [0.717, 1.165) is 17.5 Å². The number of imidazole rings is 1. The summed E-state index contributed by atoms with van der Waals surface area (Å²) in [6.45, 7) is 1.28. The van der Waals surface area contributed by atoms with E-state index < -0.39 is 0 Å². The highest BCUT2D eigenvalue weighted by Gasteiger charge is 2.19. The number of carbonyl (C=O) groups excluding carboxylic acids is 1. The zero-order valence-corrected chi connectivity index (χ0v) is 13.0. The molecule has 0 spiro atoms. The molecule has 1 aromatic heterocycles. The molecule has 1 amide bonds. The molecule has 1 aliphatic carbocycles. The van der Waals surface area contributed by atoms with Gasteiger partial charge in [0.05, 0.1) is 17.4 Å². The number of hydrogen-bond acceptors (Lipinski definition) is 3. The Kier molecular flexibility index (Phi) is 4.73. The topological polar surface area (TPSA) is 56.1 Å². The number of methoxy groups -OCH3 is 1. The molecule has 5 heteroatoms. The Morgan fingerprint density at radius 3 is 3.00 bits per heavy atom. The molecule has 0 radical (unpaired) electrons. The summed E-state index contributed by atoms with van der Waals surface area (Å²) in [5.41, 5.74) is 2.70.